The highest BCUT2D eigenvalue weighted by atomic mass is 15.1. The number of hydrogen-bond donors (Lipinski definition) is 2. The van der Waals surface area contributed by atoms with E-state index in [0.29, 0.717) is 11.6 Å². The minimum Gasteiger partial charge on any atom is -0.367 e. The summed E-state index contributed by atoms with van der Waals surface area (Å²) < 4.78 is 0. The maximum atomic E-state index is 9.07. The van der Waals surface area contributed by atoms with Crippen molar-refractivity contribution in [1.82, 2.24) is 19.9 Å². The van der Waals surface area contributed by atoms with E-state index in [4.69, 9.17) is 10.5 Å². The summed E-state index contributed by atoms with van der Waals surface area (Å²) in [6.45, 7) is 5.77. The Kier molecular flexibility index (Phi) is 6.21. The van der Waals surface area contributed by atoms with E-state index in [1.54, 1.807) is 0 Å². The summed E-state index contributed by atoms with van der Waals surface area (Å²) in [7, 11) is 0. The Balaban J connectivity index is 2.44. The van der Waals surface area contributed by atoms with Gasteiger partial charge in [0.2, 0.25) is 11.3 Å². The molecule has 124 valence electrons. The highest BCUT2D eigenvalue weighted by Crippen LogP contribution is 2.20. The van der Waals surface area contributed by atoms with Crippen LogP contribution in [0, 0.1) is 22.7 Å². The predicted molar refractivity (Wildman–Crippen MR) is 91.4 cm³/mol. The average molecular weight is 324 g/mol. The normalized spacial score (nSPS) is 10.2. The molecule has 24 heavy (non-hydrogen) atoms. The SMILES string of the molecule is CCCCNc1nc2nc(C#N)c(C#N)nc2nc1NCCCC. The summed E-state index contributed by atoms with van der Waals surface area (Å²) in [5.74, 6) is 1.19. The number of nitriles is 2. The van der Waals surface area contributed by atoms with Crippen LogP contribution in [0.5, 0.6) is 0 Å². The van der Waals surface area contributed by atoms with Gasteiger partial charge >= 0.3 is 0 Å². The summed E-state index contributed by atoms with van der Waals surface area (Å²) in [5, 5.41) is 24.6. The summed E-state index contributed by atoms with van der Waals surface area (Å²) >= 11 is 0. The third-order valence-corrected chi connectivity index (χ3v) is 3.38. The third kappa shape index (κ3) is 4.05. The highest BCUT2D eigenvalue weighted by Gasteiger charge is 2.14. The molecule has 0 bridgehead atoms. The van der Waals surface area contributed by atoms with E-state index in [-0.39, 0.29) is 22.7 Å². The van der Waals surface area contributed by atoms with Crippen molar-refractivity contribution in [2.24, 2.45) is 0 Å². The van der Waals surface area contributed by atoms with Gasteiger partial charge in [0.05, 0.1) is 0 Å². The van der Waals surface area contributed by atoms with Crippen molar-refractivity contribution in [2.45, 2.75) is 39.5 Å². The molecule has 0 radical (unpaired) electrons. The number of anilines is 2. The Hall–Kier alpha value is -3.00. The van der Waals surface area contributed by atoms with E-state index < -0.39 is 0 Å². The highest BCUT2D eigenvalue weighted by molar-refractivity contribution is 5.75. The van der Waals surface area contributed by atoms with Gasteiger partial charge in [-0.1, -0.05) is 26.7 Å². The average Bonchev–Trinajstić information content (AvgIpc) is 2.61. The second-order valence-electron chi connectivity index (χ2n) is 5.27. The van der Waals surface area contributed by atoms with E-state index in [1.165, 1.54) is 0 Å². The Labute approximate surface area is 141 Å². The molecule has 8 heteroatoms. The summed E-state index contributed by atoms with van der Waals surface area (Å²) in [6.07, 6.45) is 4.15. The van der Waals surface area contributed by atoms with Gasteiger partial charge in [-0.15, -0.1) is 0 Å². The largest absolute Gasteiger partial charge is 0.367 e. The number of rotatable bonds is 8. The van der Waals surface area contributed by atoms with Crippen LogP contribution in [0.15, 0.2) is 0 Å². The van der Waals surface area contributed by atoms with Crippen LogP contribution in [0.1, 0.15) is 50.9 Å². The van der Waals surface area contributed by atoms with Crippen LogP contribution in [0.2, 0.25) is 0 Å². The Morgan fingerprint density at radius 1 is 0.750 bits per heavy atom. The van der Waals surface area contributed by atoms with Crippen molar-refractivity contribution in [2.75, 3.05) is 23.7 Å². The van der Waals surface area contributed by atoms with Gasteiger partial charge in [-0.3, -0.25) is 0 Å². The lowest BCUT2D eigenvalue weighted by Crippen LogP contribution is -2.12. The van der Waals surface area contributed by atoms with Crippen LogP contribution in [0.4, 0.5) is 11.6 Å². The van der Waals surface area contributed by atoms with Crippen LogP contribution in [-0.4, -0.2) is 33.0 Å². The van der Waals surface area contributed by atoms with E-state index in [2.05, 4.69) is 44.4 Å². The molecule has 2 aromatic heterocycles. The molecule has 0 amide bonds. The number of fused-ring (bicyclic) bond motifs is 1. The summed E-state index contributed by atoms with van der Waals surface area (Å²) in [5.41, 5.74) is 0.437. The fourth-order valence-electron chi connectivity index (χ4n) is 2.05. The van der Waals surface area contributed by atoms with E-state index in [0.717, 1.165) is 38.8 Å². The lowest BCUT2D eigenvalue weighted by atomic mass is 10.3. The third-order valence-electron chi connectivity index (χ3n) is 3.38. The molecule has 2 rings (SSSR count). The molecule has 8 nitrogen and oxygen atoms in total. The molecular weight excluding hydrogens is 304 g/mol. The van der Waals surface area contributed by atoms with Gasteiger partial charge in [-0.25, -0.2) is 19.9 Å². The molecule has 2 N–H and O–H groups in total. The zero-order valence-electron chi connectivity index (χ0n) is 13.9. The Morgan fingerprint density at radius 3 is 1.50 bits per heavy atom. The standard InChI is InChI=1S/C16H20N8/c1-3-5-7-19-13-14(20-8-6-4-2)24-16-15(23-13)21-11(9-17)12(10-18)22-16/h3-8H2,1-2H3,(H,19,21,23)(H,20,22,24). The van der Waals surface area contributed by atoms with Crippen molar-refractivity contribution in [1.29, 1.82) is 10.5 Å². The van der Waals surface area contributed by atoms with Gasteiger partial charge in [-0.2, -0.15) is 10.5 Å². The number of nitrogens with one attached hydrogen (secondary N) is 2. The van der Waals surface area contributed by atoms with Crippen LogP contribution < -0.4 is 10.6 Å². The minimum absolute atomic E-state index is 0.0366. The number of aromatic nitrogens is 4. The summed E-state index contributed by atoms with van der Waals surface area (Å²) in [4.78, 5) is 17.1. The number of unbranched alkanes of at least 4 members (excludes halogenated alkanes) is 2. The fraction of sp³-hybridized carbons (Fsp3) is 0.500. The smallest absolute Gasteiger partial charge is 0.201 e. The number of hydrogen-bond acceptors (Lipinski definition) is 8. The number of nitrogens with zero attached hydrogens (tertiary/aromatic N) is 6. The molecule has 0 fully saturated rings. The van der Waals surface area contributed by atoms with E-state index in [9.17, 15) is 0 Å². The van der Waals surface area contributed by atoms with Crippen molar-refractivity contribution in [3.8, 4) is 12.1 Å². The Bertz CT molecular complexity index is 721. The first-order valence-electron chi connectivity index (χ1n) is 8.11. The van der Waals surface area contributed by atoms with Crippen molar-refractivity contribution in [3.63, 3.8) is 0 Å². The molecule has 0 aliphatic rings. The molecule has 0 saturated heterocycles. The fourth-order valence-corrected chi connectivity index (χ4v) is 2.05. The first kappa shape index (κ1) is 17.4. The predicted octanol–water partition coefficient (Wildman–Crippen LogP) is 2.59. The molecule has 0 unspecified atom stereocenters. The van der Waals surface area contributed by atoms with Crippen LogP contribution >= 0.6 is 0 Å². The Morgan fingerprint density at radius 2 is 1.17 bits per heavy atom. The molecule has 0 atom stereocenters. The molecule has 0 saturated carbocycles. The van der Waals surface area contributed by atoms with Crippen LogP contribution in [0.3, 0.4) is 0 Å². The van der Waals surface area contributed by atoms with Crippen molar-refractivity contribution >= 4 is 22.9 Å². The lowest BCUT2D eigenvalue weighted by Gasteiger charge is -2.12. The molecule has 0 aromatic carbocycles. The molecule has 2 aromatic rings. The second kappa shape index (κ2) is 8.59. The lowest BCUT2D eigenvalue weighted by molar-refractivity contribution is 0.822. The van der Waals surface area contributed by atoms with Gasteiger partial charge in [0.1, 0.15) is 12.1 Å². The van der Waals surface area contributed by atoms with E-state index in [1.807, 2.05) is 12.1 Å². The van der Waals surface area contributed by atoms with Crippen molar-refractivity contribution < 1.29 is 0 Å². The summed E-state index contributed by atoms with van der Waals surface area (Å²) in [6, 6.07) is 3.73. The van der Waals surface area contributed by atoms with Gasteiger partial charge in [0, 0.05) is 13.1 Å². The van der Waals surface area contributed by atoms with Gasteiger partial charge in [0.25, 0.3) is 0 Å². The maximum absolute atomic E-state index is 9.07. The first-order valence-corrected chi connectivity index (χ1v) is 8.11. The topological polar surface area (TPSA) is 123 Å². The zero-order valence-corrected chi connectivity index (χ0v) is 13.9. The van der Waals surface area contributed by atoms with Gasteiger partial charge < -0.3 is 10.6 Å². The molecular formula is C16H20N8. The maximum Gasteiger partial charge on any atom is 0.201 e. The molecule has 0 aliphatic carbocycles. The van der Waals surface area contributed by atoms with Crippen LogP contribution in [0.25, 0.3) is 11.3 Å². The zero-order chi connectivity index (χ0) is 17.4. The quantitative estimate of drug-likeness (QED) is 0.710. The second-order valence-corrected chi connectivity index (χ2v) is 5.27. The monoisotopic (exact) mass is 324 g/mol. The van der Waals surface area contributed by atoms with Crippen LogP contribution in [-0.2, 0) is 0 Å². The van der Waals surface area contributed by atoms with E-state index >= 15 is 0 Å². The molecule has 0 aliphatic heterocycles. The first-order chi connectivity index (χ1) is 11.7. The minimum atomic E-state index is -0.0366. The molecule has 2 heterocycles. The van der Waals surface area contributed by atoms with Crippen molar-refractivity contribution in [3.05, 3.63) is 11.4 Å². The van der Waals surface area contributed by atoms with Gasteiger partial charge in [0.15, 0.2) is 23.0 Å². The van der Waals surface area contributed by atoms with Gasteiger partial charge in [-0.05, 0) is 12.8 Å². The molecule has 0 spiro atoms.